The molecular formula is C12H16N4S2. The Kier molecular flexibility index (Phi) is 4.54. The highest BCUT2D eigenvalue weighted by molar-refractivity contribution is 7.98. The van der Waals surface area contributed by atoms with Crippen molar-refractivity contribution in [2.75, 3.05) is 12.0 Å². The standard InChI is InChI=1S/C12H16N4S2/c1-3-10(8-18-2)16-11(14-15-12(16)17)9-5-4-6-13-7-9/h4-7,10H,3,8H2,1-2H3,(H,15,17). The van der Waals surface area contributed by atoms with E-state index >= 15 is 0 Å². The van der Waals surface area contributed by atoms with Crippen LogP contribution in [0.5, 0.6) is 0 Å². The van der Waals surface area contributed by atoms with E-state index in [-0.39, 0.29) is 0 Å². The average molecular weight is 280 g/mol. The summed E-state index contributed by atoms with van der Waals surface area (Å²) in [6.07, 6.45) is 6.71. The van der Waals surface area contributed by atoms with Gasteiger partial charge in [-0.2, -0.15) is 16.9 Å². The maximum atomic E-state index is 5.34. The lowest BCUT2D eigenvalue weighted by Crippen LogP contribution is -2.12. The number of thioether (sulfide) groups is 1. The monoisotopic (exact) mass is 280 g/mol. The molecule has 1 N–H and O–H groups in total. The lowest BCUT2D eigenvalue weighted by atomic mass is 10.2. The Balaban J connectivity index is 2.47. The molecule has 96 valence electrons. The van der Waals surface area contributed by atoms with Crippen molar-refractivity contribution in [3.63, 3.8) is 0 Å². The molecule has 0 aromatic carbocycles. The fraction of sp³-hybridized carbons (Fsp3) is 0.417. The maximum Gasteiger partial charge on any atom is 0.195 e. The number of aromatic nitrogens is 4. The number of H-pyrrole nitrogens is 1. The van der Waals surface area contributed by atoms with Gasteiger partial charge in [0.15, 0.2) is 10.6 Å². The summed E-state index contributed by atoms with van der Waals surface area (Å²) in [5.74, 6) is 1.89. The Labute approximate surface area is 116 Å². The van der Waals surface area contributed by atoms with Gasteiger partial charge in [0.25, 0.3) is 0 Å². The van der Waals surface area contributed by atoms with Crippen molar-refractivity contribution in [2.45, 2.75) is 19.4 Å². The first-order chi connectivity index (χ1) is 8.77. The van der Waals surface area contributed by atoms with E-state index in [4.69, 9.17) is 12.2 Å². The van der Waals surface area contributed by atoms with Crippen LogP contribution in [0.25, 0.3) is 11.4 Å². The van der Waals surface area contributed by atoms with Crippen molar-refractivity contribution in [3.8, 4) is 11.4 Å². The molecule has 0 saturated carbocycles. The van der Waals surface area contributed by atoms with Gasteiger partial charge in [-0.25, -0.2) is 0 Å². The molecule has 0 amide bonds. The zero-order valence-corrected chi connectivity index (χ0v) is 12.1. The normalized spacial score (nSPS) is 12.6. The number of rotatable bonds is 5. The van der Waals surface area contributed by atoms with Gasteiger partial charge in [-0.1, -0.05) is 6.92 Å². The predicted octanol–water partition coefficient (Wildman–Crippen LogP) is 3.32. The van der Waals surface area contributed by atoms with E-state index in [2.05, 4.69) is 32.9 Å². The van der Waals surface area contributed by atoms with E-state index in [0.29, 0.717) is 10.8 Å². The highest BCUT2D eigenvalue weighted by Crippen LogP contribution is 2.24. The van der Waals surface area contributed by atoms with Crippen LogP contribution in [0.15, 0.2) is 24.5 Å². The molecule has 0 saturated heterocycles. The number of hydrogen-bond donors (Lipinski definition) is 1. The third-order valence-corrected chi connectivity index (χ3v) is 3.83. The highest BCUT2D eigenvalue weighted by Gasteiger charge is 2.16. The molecule has 1 unspecified atom stereocenters. The van der Waals surface area contributed by atoms with E-state index < -0.39 is 0 Å². The molecule has 0 spiro atoms. The van der Waals surface area contributed by atoms with Gasteiger partial charge in [0.05, 0.1) is 0 Å². The van der Waals surface area contributed by atoms with Crippen molar-refractivity contribution >= 4 is 24.0 Å². The first kappa shape index (κ1) is 13.3. The van der Waals surface area contributed by atoms with E-state index in [1.807, 2.05) is 30.1 Å². The Morgan fingerprint density at radius 1 is 1.56 bits per heavy atom. The van der Waals surface area contributed by atoms with Crippen LogP contribution in [0.4, 0.5) is 0 Å². The zero-order valence-electron chi connectivity index (χ0n) is 10.5. The van der Waals surface area contributed by atoms with Gasteiger partial charge in [-0.05, 0) is 37.0 Å². The lowest BCUT2D eigenvalue weighted by molar-refractivity contribution is 0.537. The molecule has 2 aromatic rings. The third-order valence-electron chi connectivity index (χ3n) is 2.82. The van der Waals surface area contributed by atoms with Crippen LogP contribution >= 0.6 is 24.0 Å². The Morgan fingerprint density at radius 3 is 3.00 bits per heavy atom. The zero-order chi connectivity index (χ0) is 13.0. The quantitative estimate of drug-likeness (QED) is 0.854. The van der Waals surface area contributed by atoms with Crippen LogP contribution in [0, 0.1) is 4.77 Å². The smallest absolute Gasteiger partial charge is 0.195 e. The Morgan fingerprint density at radius 2 is 2.39 bits per heavy atom. The van der Waals surface area contributed by atoms with Crippen LogP contribution in [-0.2, 0) is 0 Å². The van der Waals surface area contributed by atoms with Gasteiger partial charge in [-0.3, -0.25) is 14.6 Å². The Hall–Kier alpha value is -1.14. The van der Waals surface area contributed by atoms with Gasteiger partial charge in [0.1, 0.15) is 0 Å². The predicted molar refractivity (Wildman–Crippen MR) is 78.4 cm³/mol. The average Bonchev–Trinajstić information content (AvgIpc) is 2.79. The van der Waals surface area contributed by atoms with E-state index in [1.54, 1.807) is 6.20 Å². The second kappa shape index (κ2) is 6.15. The molecule has 2 aromatic heterocycles. The van der Waals surface area contributed by atoms with Gasteiger partial charge >= 0.3 is 0 Å². The minimum absolute atomic E-state index is 0.362. The van der Waals surface area contributed by atoms with Crippen LogP contribution in [0.3, 0.4) is 0 Å². The number of aromatic amines is 1. The van der Waals surface area contributed by atoms with Gasteiger partial charge in [0.2, 0.25) is 0 Å². The number of pyridine rings is 1. The van der Waals surface area contributed by atoms with Crippen LogP contribution in [0.1, 0.15) is 19.4 Å². The molecule has 0 aliphatic rings. The highest BCUT2D eigenvalue weighted by atomic mass is 32.2. The van der Waals surface area contributed by atoms with Crippen molar-refractivity contribution in [1.82, 2.24) is 19.7 Å². The summed E-state index contributed by atoms with van der Waals surface area (Å²) in [7, 11) is 0. The number of hydrogen-bond acceptors (Lipinski definition) is 4. The molecule has 0 aliphatic carbocycles. The molecule has 2 heterocycles. The number of nitrogens with one attached hydrogen (secondary N) is 1. The molecule has 0 aliphatic heterocycles. The second-order valence-corrected chi connectivity index (χ2v) is 5.28. The van der Waals surface area contributed by atoms with Crippen molar-refractivity contribution in [3.05, 3.63) is 29.3 Å². The van der Waals surface area contributed by atoms with Crippen molar-refractivity contribution < 1.29 is 0 Å². The molecule has 6 heteroatoms. The van der Waals surface area contributed by atoms with Crippen molar-refractivity contribution in [2.24, 2.45) is 0 Å². The van der Waals surface area contributed by atoms with Crippen LogP contribution in [0.2, 0.25) is 0 Å². The van der Waals surface area contributed by atoms with Crippen LogP contribution in [-0.4, -0.2) is 31.8 Å². The van der Waals surface area contributed by atoms with Gasteiger partial charge in [-0.15, -0.1) is 0 Å². The molecule has 0 radical (unpaired) electrons. The largest absolute Gasteiger partial charge is 0.296 e. The summed E-state index contributed by atoms with van der Waals surface area (Å²) in [6.45, 7) is 2.17. The minimum atomic E-state index is 0.362. The lowest BCUT2D eigenvalue weighted by Gasteiger charge is -2.17. The van der Waals surface area contributed by atoms with Crippen LogP contribution < -0.4 is 0 Å². The molecule has 2 rings (SSSR count). The van der Waals surface area contributed by atoms with E-state index in [9.17, 15) is 0 Å². The van der Waals surface area contributed by atoms with E-state index in [1.165, 1.54) is 0 Å². The first-order valence-corrected chi connectivity index (χ1v) is 7.64. The SMILES string of the molecule is CCC(CSC)n1c(-c2cccnc2)n[nH]c1=S. The molecule has 4 nitrogen and oxygen atoms in total. The summed E-state index contributed by atoms with van der Waals surface area (Å²) < 4.78 is 2.78. The van der Waals surface area contributed by atoms with Gasteiger partial charge < -0.3 is 0 Å². The van der Waals surface area contributed by atoms with E-state index in [0.717, 1.165) is 23.6 Å². The number of nitrogens with zero attached hydrogens (tertiary/aromatic N) is 3. The molecule has 0 fully saturated rings. The fourth-order valence-corrected chi connectivity index (χ4v) is 2.96. The summed E-state index contributed by atoms with van der Waals surface area (Å²) in [5.41, 5.74) is 0.990. The molecular weight excluding hydrogens is 264 g/mol. The second-order valence-electron chi connectivity index (χ2n) is 3.98. The minimum Gasteiger partial charge on any atom is -0.296 e. The van der Waals surface area contributed by atoms with Gasteiger partial charge in [0, 0.05) is 29.8 Å². The summed E-state index contributed by atoms with van der Waals surface area (Å²) in [4.78, 5) is 4.14. The molecule has 1 atom stereocenters. The summed E-state index contributed by atoms with van der Waals surface area (Å²) in [6, 6.07) is 4.27. The maximum absolute atomic E-state index is 5.34. The summed E-state index contributed by atoms with van der Waals surface area (Å²) >= 11 is 7.17. The van der Waals surface area contributed by atoms with Crippen molar-refractivity contribution in [1.29, 1.82) is 0 Å². The third kappa shape index (κ3) is 2.64. The molecule has 18 heavy (non-hydrogen) atoms. The first-order valence-electron chi connectivity index (χ1n) is 5.84. The topological polar surface area (TPSA) is 46.5 Å². The summed E-state index contributed by atoms with van der Waals surface area (Å²) in [5, 5.41) is 7.22. The Bertz CT molecular complexity index is 547. The fourth-order valence-electron chi connectivity index (χ4n) is 1.91. The molecule has 0 bridgehead atoms.